The van der Waals surface area contributed by atoms with Crippen LogP contribution in [0.15, 0.2) is 42.5 Å². The Balaban J connectivity index is 2.15. The van der Waals surface area contributed by atoms with Crippen LogP contribution in [-0.4, -0.2) is 13.1 Å². The fourth-order valence-corrected chi connectivity index (χ4v) is 2.95. The van der Waals surface area contributed by atoms with E-state index in [-0.39, 0.29) is 0 Å². The summed E-state index contributed by atoms with van der Waals surface area (Å²) in [6.07, 6.45) is 2.16. The lowest BCUT2D eigenvalue weighted by atomic mass is 9.92. The van der Waals surface area contributed by atoms with Crippen molar-refractivity contribution < 1.29 is 0 Å². The third-order valence-electron chi connectivity index (χ3n) is 4.02. The fourth-order valence-electron chi connectivity index (χ4n) is 2.95. The van der Waals surface area contributed by atoms with Crippen LogP contribution in [0.5, 0.6) is 0 Å². The monoisotopic (exact) mass is 267 g/mol. The second-order valence-electron chi connectivity index (χ2n) is 5.76. The maximum absolute atomic E-state index is 3.47. The molecule has 106 valence electrons. The molecule has 2 aromatic rings. The molecule has 1 heteroatoms. The van der Waals surface area contributed by atoms with Gasteiger partial charge in [-0.3, -0.25) is 0 Å². The highest BCUT2D eigenvalue weighted by atomic mass is 14.9. The van der Waals surface area contributed by atoms with Gasteiger partial charge in [0.1, 0.15) is 0 Å². The van der Waals surface area contributed by atoms with Crippen LogP contribution in [-0.2, 0) is 12.8 Å². The maximum atomic E-state index is 3.47. The van der Waals surface area contributed by atoms with Crippen LogP contribution in [0.2, 0.25) is 0 Å². The Kier molecular flexibility index (Phi) is 4.97. The lowest BCUT2D eigenvalue weighted by Gasteiger charge is -2.20. The summed E-state index contributed by atoms with van der Waals surface area (Å²) in [5, 5.41) is 3.47. The van der Waals surface area contributed by atoms with E-state index in [0.717, 1.165) is 12.8 Å². The van der Waals surface area contributed by atoms with E-state index in [9.17, 15) is 0 Å². The molecule has 2 aromatic carbocycles. The molecule has 0 amide bonds. The van der Waals surface area contributed by atoms with Crippen molar-refractivity contribution in [1.29, 1.82) is 0 Å². The molecule has 1 nitrogen and oxygen atoms in total. The van der Waals surface area contributed by atoms with E-state index < -0.39 is 0 Å². The van der Waals surface area contributed by atoms with Gasteiger partial charge in [0.25, 0.3) is 0 Å². The van der Waals surface area contributed by atoms with Gasteiger partial charge in [-0.15, -0.1) is 0 Å². The first-order chi connectivity index (χ1) is 9.60. The molecule has 0 aromatic heterocycles. The van der Waals surface area contributed by atoms with Gasteiger partial charge < -0.3 is 5.32 Å². The smallest absolute Gasteiger partial charge is 0.0145 e. The first-order valence-electron chi connectivity index (χ1n) is 7.38. The van der Waals surface area contributed by atoms with Crippen LogP contribution in [0.1, 0.15) is 27.8 Å². The summed E-state index contributed by atoms with van der Waals surface area (Å²) in [5.41, 5.74) is 7.07. The number of benzene rings is 2. The van der Waals surface area contributed by atoms with Crippen molar-refractivity contribution in [3.8, 4) is 0 Å². The first-order valence-corrected chi connectivity index (χ1v) is 7.38. The third kappa shape index (κ3) is 3.71. The number of hydrogen-bond acceptors (Lipinski definition) is 1. The van der Waals surface area contributed by atoms with Crippen molar-refractivity contribution in [3.05, 3.63) is 70.3 Å². The zero-order chi connectivity index (χ0) is 14.5. The van der Waals surface area contributed by atoms with Gasteiger partial charge in [-0.1, -0.05) is 48.0 Å². The Morgan fingerprint density at radius 3 is 2.05 bits per heavy atom. The SMILES string of the molecule is CNC(Cc1ccccc1)Cc1c(C)cc(C)cc1C. The van der Waals surface area contributed by atoms with E-state index in [0.29, 0.717) is 6.04 Å². The van der Waals surface area contributed by atoms with Crippen LogP contribution in [0.4, 0.5) is 0 Å². The lowest BCUT2D eigenvalue weighted by Crippen LogP contribution is -2.30. The normalized spacial score (nSPS) is 12.4. The average molecular weight is 267 g/mol. The summed E-state index contributed by atoms with van der Waals surface area (Å²) in [5.74, 6) is 0. The summed E-state index contributed by atoms with van der Waals surface area (Å²) in [6.45, 7) is 6.62. The number of likely N-dealkylation sites (N-methyl/N-ethyl adjacent to an activating group) is 1. The highest BCUT2D eigenvalue weighted by Crippen LogP contribution is 2.19. The summed E-state index contributed by atoms with van der Waals surface area (Å²) < 4.78 is 0. The maximum Gasteiger partial charge on any atom is 0.0145 e. The minimum Gasteiger partial charge on any atom is -0.316 e. The van der Waals surface area contributed by atoms with Crippen molar-refractivity contribution in [2.24, 2.45) is 0 Å². The highest BCUT2D eigenvalue weighted by molar-refractivity contribution is 5.38. The van der Waals surface area contributed by atoms with Crippen molar-refractivity contribution in [2.75, 3.05) is 7.05 Å². The molecule has 0 aliphatic rings. The van der Waals surface area contributed by atoms with E-state index in [4.69, 9.17) is 0 Å². The average Bonchev–Trinajstić information content (AvgIpc) is 2.42. The molecule has 0 heterocycles. The Morgan fingerprint density at radius 2 is 1.50 bits per heavy atom. The van der Waals surface area contributed by atoms with Gasteiger partial charge in [-0.2, -0.15) is 0 Å². The minimum absolute atomic E-state index is 0.484. The predicted octanol–water partition coefficient (Wildman–Crippen LogP) is 3.99. The van der Waals surface area contributed by atoms with Crippen LogP contribution in [0.25, 0.3) is 0 Å². The Bertz CT molecular complexity index is 534. The van der Waals surface area contributed by atoms with Crippen LogP contribution < -0.4 is 5.32 Å². The molecular formula is C19H25N. The van der Waals surface area contributed by atoms with Crippen molar-refractivity contribution in [3.63, 3.8) is 0 Å². The second-order valence-corrected chi connectivity index (χ2v) is 5.76. The zero-order valence-corrected chi connectivity index (χ0v) is 13.0. The molecule has 1 N–H and O–H groups in total. The van der Waals surface area contributed by atoms with Gasteiger partial charge in [0.05, 0.1) is 0 Å². The molecule has 1 atom stereocenters. The van der Waals surface area contributed by atoms with Gasteiger partial charge in [0.15, 0.2) is 0 Å². The fraction of sp³-hybridized carbons (Fsp3) is 0.368. The highest BCUT2D eigenvalue weighted by Gasteiger charge is 2.12. The van der Waals surface area contributed by atoms with Crippen molar-refractivity contribution in [2.45, 2.75) is 39.7 Å². The number of hydrogen-bond donors (Lipinski definition) is 1. The Hall–Kier alpha value is -1.60. The molecule has 0 radical (unpaired) electrons. The molecule has 20 heavy (non-hydrogen) atoms. The summed E-state index contributed by atoms with van der Waals surface area (Å²) in [7, 11) is 2.06. The molecule has 0 aliphatic carbocycles. The Morgan fingerprint density at radius 1 is 0.900 bits per heavy atom. The molecule has 0 aliphatic heterocycles. The zero-order valence-electron chi connectivity index (χ0n) is 13.0. The molecule has 0 saturated heterocycles. The van der Waals surface area contributed by atoms with Gasteiger partial charge >= 0.3 is 0 Å². The van der Waals surface area contributed by atoms with Gasteiger partial charge in [0, 0.05) is 6.04 Å². The topological polar surface area (TPSA) is 12.0 Å². The third-order valence-corrected chi connectivity index (χ3v) is 4.02. The largest absolute Gasteiger partial charge is 0.316 e. The Labute approximate surface area is 123 Å². The molecular weight excluding hydrogens is 242 g/mol. The van der Waals surface area contributed by atoms with Gasteiger partial charge in [0.2, 0.25) is 0 Å². The predicted molar refractivity (Wildman–Crippen MR) is 87.4 cm³/mol. The second kappa shape index (κ2) is 6.71. The van der Waals surface area contributed by atoms with E-state index in [1.165, 1.54) is 27.8 Å². The number of rotatable bonds is 5. The number of aryl methyl sites for hydroxylation is 3. The molecule has 0 saturated carbocycles. The number of nitrogens with one attached hydrogen (secondary N) is 1. The summed E-state index contributed by atoms with van der Waals surface area (Å²) >= 11 is 0. The molecule has 1 unspecified atom stereocenters. The molecule has 0 fully saturated rings. The van der Waals surface area contributed by atoms with Gasteiger partial charge in [-0.25, -0.2) is 0 Å². The van der Waals surface area contributed by atoms with Crippen LogP contribution in [0, 0.1) is 20.8 Å². The lowest BCUT2D eigenvalue weighted by molar-refractivity contribution is 0.554. The van der Waals surface area contributed by atoms with E-state index in [2.05, 4.69) is 75.6 Å². The van der Waals surface area contributed by atoms with E-state index >= 15 is 0 Å². The van der Waals surface area contributed by atoms with Gasteiger partial charge in [-0.05, 0) is 62.9 Å². The summed E-state index contributed by atoms with van der Waals surface area (Å²) in [4.78, 5) is 0. The molecule has 0 bridgehead atoms. The minimum atomic E-state index is 0.484. The standard InChI is InChI=1S/C19H25N/c1-14-10-15(2)19(16(3)11-14)13-18(20-4)12-17-8-6-5-7-9-17/h5-11,18,20H,12-13H2,1-4H3. The quantitative estimate of drug-likeness (QED) is 0.864. The van der Waals surface area contributed by atoms with Crippen molar-refractivity contribution >= 4 is 0 Å². The van der Waals surface area contributed by atoms with Crippen LogP contribution in [0.3, 0.4) is 0 Å². The van der Waals surface area contributed by atoms with E-state index in [1.807, 2.05) is 0 Å². The van der Waals surface area contributed by atoms with Crippen molar-refractivity contribution in [1.82, 2.24) is 5.32 Å². The van der Waals surface area contributed by atoms with E-state index in [1.54, 1.807) is 0 Å². The summed E-state index contributed by atoms with van der Waals surface area (Å²) in [6, 6.07) is 15.8. The first kappa shape index (κ1) is 14.8. The van der Waals surface area contributed by atoms with Crippen LogP contribution >= 0.6 is 0 Å². The molecule has 2 rings (SSSR count). The molecule has 0 spiro atoms.